The summed E-state index contributed by atoms with van der Waals surface area (Å²) < 4.78 is 2.03. The van der Waals surface area contributed by atoms with Gasteiger partial charge in [0, 0.05) is 17.8 Å². The first-order valence-corrected chi connectivity index (χ1v) is 6.01. The summed E-state index contributed by atoms with van der Waals surface area (Å²) in [5, 5.41) is 5.83. The second-order valence-electron chi connectivity index (χ2n) is 4.23. The molecule has 0 saturated carbocycles. The topological polar surface area (TPSA) is 30.7 Å². The predicted octanol–water partition coefficient (Wildman–Crippen LogP) is 2.86. The Morgan fingerprint density at radius 2 is 1.83 bits per heavy atom. The van der Waals surface area contributed by atoms with Crippen LogP contribution in [0.3, 0.4) is 0 Å². The Morgan fingerprint density at radius 3 is 2.61 bits per heavy atom. The van der Waals surface area contributed by atoms with Crippen LogP contribution in [0.15, 0.2) is 48.8 Å². The molecular formula is C15H14N3. The van der Waals surface area contributed by atoms with Crippen molar-refractivity contribution in [1.29, 1.82) is 0 Å². The third kappa shape index (κ3) is 1.88. The molecule has 0 aliphatic heterocycles. The fourth-order valence-corrected chi connectivity index (χ4v) is 2.16. The zero-order valence-corrected chi connectivity index (χ0v) is 10.1. The largest absolute Gasteiger partial charge is 0.265 e. The quantitative estimate of drug-likeness (QED) is 0.700. The average Bonchev–Trinajstić information content (AvgIpc) is 2.78. The van der Waals surface area contributed by atoms with E-state index in [9.17, 15) is 0 Å². The normalized spacial score (nSPS) is 10.9. The second kappa shape index (κ2) is 4.61. The highest BCUT2D eigenvalue weighted by atomic mass is 15.3. The number of aromatic nitrogens is 3. The molecule has 0 saturated heterocycles. The molecule has 18 heavy (non-hydrogen) atoms. The van der Waals surface area contributed by atoms with Crippen LogP contribution >= 0.6 is 0 Å². The van der Waals surface area contributed by atoms with Crippen LogP contribution in [0.1, 0.15) is 11.3 Å². The molecular weight excluding hydrogens is 222 g/mol. The van der Waals surface area contributed by atoms with Crippen molar-refractivity contribution in [2.24, 2.45) is 0 Å². The summed E-state index contributed by atoms with van der Waals surface area (Å²) in [5.41, 5.74) is 3.42. The Kier molecular flexibility index (Phi) is 2.81. The SMILES string of the molecule is [CH2]Cc1nn(Cc2ccncc2)c2ccccc12. The maximum atomic E-state index is 4.64. The minimum Gasteiger partial charge on any atom is -0.265 e. The second-order valence-corrected chi connectivity index (χ2v) is 4.23. The summed E-state index contributed by atoms with van der Waals surface area (Å²) in [7, 11) is 0. The van der Waals surface area contributed by atoms with Crippen LogP contribution in [-0.2, 0) is 13.0 Å². The maximum Gasteiger partial charge on any atom is 0.0703 e. The van der Waals surface area contributed by atoms with Crippen molar-refractivity contribution in [1.82, 2.24) is 14.8 Å². The number of rotatable bonds is 3. The van der Waals surface area contributed by atoms with Gasteiger partial charge in [-0.05, 0) is 37.1 Å². The van der Waals surface area contributed by atoms with Crippen LogP contribution in [0.2, 0.25) is 0 Å². The molecule has 3 heteroatoms. The lowest BCUT2D eigenvalue weighted by Gasteiger charge is -2.03. The van der Waals surface area contributed by atoms with Gasteiger partial charge in [0.2, 0.25) is 0 Å². The third-order valence-electron chi connectivity index (χ3n) is 3.05. The van der Waals surface area contributed by atoms with E-state index >= 15 is 0 Å². The minimum absolute atomic E-state index is 0.712. The Labute approximate surface area is 106 Å². The Balaban J connectivity index is 2.07. The molecule has 0 spiro atoms. The lowest BCUT2D eigenvalue weighted by molar-refractivity contribution is 0.698. The van der Waals surface area contributed by atoms with Gasteiger partial charge in [0.05, 0.1) is 17.8 Å². The number of para-hydroxylation sites is 1. The van der Waals surface area contributed by atoms with Gasteiger partial charge in [-0.15, -0.1) is 0 Å². The molecule has 3 aromatic rings. The van der Waals surface area contributed by atoms with Crippen molar-refractivity contribution >= 4 is 10.9 Å². The van der Waals surface area contributed by atoms with Gasteiger partial charge in [-0.25, -0.2) is 0 Å². The molecule has 89 valence electrons. The summed E-state index contributed by atoms with van der Waals surface area (Å²) in [4.78, 5) is 4.03. The fourth-order valence-electron chi connectivity index (χ4n) is 2.16. The molecule has 0 atom stereocenters. The standard InChI is InChI=1S/C15H14N3/c1-2-14-13-5-3-4-6-15(13)18(17-14)11-12-7-9-16-10-8-12/h3-10H,1-2,11H2. The molecule has 0 aliphatic rings. The summed E-state index contributed by atoms with van der Waals surface area (Å²) in [5.74, 6) is 0. The van der Waals surface area contributed by atoms with Gasteiger partial charge in [-0.1, -0.05) is 18.2 Å². The van der Waals surface area contributed by atoms with Gasteiger partial charge in [0.25, 0.3) is 0 Å². The van der Waals surface area contributed by atoms with E-state index in [-0.39, 0.29) is 0 Å². The van der Waals surface area contributed by atoms with Crippen molar-refractivity contribution in [3.8, 4) is 0 Å². The highest BCUT2D eigenvalue weighted by Gasteiger charge is 2.08. The molecule has 0 bridgehead atoms. The van der Waals surface area contributed by atoms with Gasteiger partial charge < -0.3 is 0 Å². The van der Waals surface area contributed by atoms with E-state index in [1.54, 1.807) is 0 Å². The van der Waals surface area contributed by atoms with Crippen molar-refractivity contribution in [3.63, 3.8) is 0 Å². The maximum absolute atomic E-state index is 4.64. The van der Waals surface area contributed by atoms with E-state index in [2.05, 4.69) is 29.1 Å². The molecule has 2 aromatic heterocycles. The number of benzene rings is 1. The van der Waals surface area contributed by atoms with E-state index in [0.29, 0.717) is 6.42 Å². The summed E-state index contributed by atoms with van der Waals surface area (Å²) in [6.07, 6.45) is 4.33. The first-order valence-electron chi connectivity index (χ1n) is 6.01. The van der Waals surface area contributed by atoms with Crippen LogP contribution in [0.4, 0.5) is 0 Å². The third-order valence-corrected chi connectivity index (χ3v) is 3.05. The number of fused-ring (bicyclic) bond motifs is 1. The van der Waals surface area contributed by atoms with Crippen molar-refractivity contribution in [2.45, 2.75) is 13.0 Å². The van der Waals surface area contributed by atoms with E-state index in [1.165, 1.54) is 10.9 Å². The van der Waals surface area contributed by atoms with Crippen LogP contribution in [0, 0.1) is 6.92 Å². The zero-order valence-electron chi connectivity index (χ0n) is 10.1. The first-order chi connectivity index (χ1) is 8.88. The highest BCUT2D eigenvalue weighted by Crippen LogP contribution is 2.19. The zero-order chi connectivity index (χ0) is 12.4. The lowest BCUT2D eigenvalue weighted by Crippen LogP contribution is -2.02. The van der Waals surface area contributed by atoms with Crippen LogP contribution < -0.4 is 0 Å². The summed E-state index contributed by atoms with van der Waals surface area (Å²) in [6, 6.07) is 12.3. The molecule has 0 N–H and O–H groups in total. The van der Waals surface area contributed by atoms with Gasteiger partial charge >= 0.3 is 0 Å². The van der Waals surface area contributed by atoms with Gasteiger partial charge in [-0.2, -0.15) is 5.10 Å². The Hall–Kier alpha value is -2.16. The van der Waals surface area contributed by atoms with Gasteiger partial charge in [0.15, 0.2) is 0 Å². The lowest BCUT2D eigenvalue weighted by atomic mass is 10.2. The molecule has 1 radical (unpaired) electrons. The molecule has 0 aliphatic carbocycles. The van der Waals surface area contributed by atoms with E-state index in [4.69, 9.17) is 0 Å². The Morgan fingerprint density at radius 1 is 1.06 bits per heavy atom. The van der Waals surface area contributed by atoms with E-state index in [0.717, 1.165) is 17.8 Å². The molecule has 0 fully saturated rings. The number of hydrogen-bond donors (Lipinski definition) is 0. The number of nitrogens with zero attached hydrogens (tertiary/aromatic N) is 3. The van der Waals surface area contributed by atoms with Crippen molar-refractivity contribution in [2.75, 3.05) is 0 Å². The highest BCUT2D eigenvalue weighted by molar-refractivity contribution is 5.82. The van der Waals surface area contributed by atoms with Gasteiger partial charge in [-0.3, -0.25) is 9.67 Å². The van der Waals surface area contributed by atoms with Crippen LogP contribution in [0.5, 0.6) is 0 Å². The van der Waals surface area contributed by atoms with Crippen molar-refractivity contribution < 1.29 is 0 Å². The fraction of sp³-hybridized carbons (Fsp3) is 0.133. The van der Waals surface area contributed by atoms with Gasteiger partial charge in [0.1, 0.15) is 0 Å². The molecule has 0 amide bonds. The van der Waals surface area contributed by atoms with Crippen LogP contribution in [0.25, 0.3) is 10.9 Å². The van der Waals surface area contributed by atoms with E-state index in [1.807, 2.05) is 41.3 Å². The van der Waals surface area contributed by atoms with Crippen LogP contribution in [-0.4, -0.2) is 14.8 Å². The predicted molar refractivity (Wildman–Crippen MR) is 72.1 cm³/mol. The monoisotopic (exact) mass is 236 g/mol. The Bertz CT molecular complexity index is 656. The van der Waals surface area contributed by atoms with Crippen molar-refractivity contribution in [3.05, 3.63) is 67.0 Å². The summed E-state index contributed by atoms with van der Waals surface area (Å²) in [6.45, 7) is 4.71. The number of hydrogen-bond acceptors (Lipinski definition) is 2. The minimum atomic E-state index is 0.712. The van der Waals surface area contributed by atoms with E-state index < -0.39 is 0 Å². The molecule has 0 unspecified atom stereocenters. The number of pyridine rings is 1. The first kappa shape index (κ1) is 11.0. The summed E-state index contributed by atoms with van der Waals surface area (Å²) >= 11 is 0. The molecule has 1 aromatic carbocycles. The smallest absolute Gasteiger partial charge is 0.0703 e. The average molecular weight is 236 g/mol. The molecule has 2 heterocycles. The molecule has 3 rings (SSSR count). The molecule has 3 nitrogen and oxygen atoms in total.